The molecule has 1 aromatic carbocycles. The summed E-state index contributed by atoms with van der Waals surface area (Å²) in [6.45, 7) is 5.93. The molecule has 4 N–H and O–H groups in total. The number of nitrogens with one attached hydrogen (secondary N) is 1. The van der Waals surface area contributed by atoms with E-state index < -0.39 is 45.7 Å². The van der Waals surface area contributed by atoms with Gasteiger partial charge in [0.1, 0.15) is 17.7 Å². The van der Waals surface area contributed by atoms with Gasteiger partial charge in [0.25, 0.3) is 0 Å². The Kier molecular flexibility index (Phi) is 12.8. The fourth-order valence-electron chi connectivity index (χ4n) is 4.67. The molecular formula is C27H42ClN3O8S. The van der Waals surface area contributed by atoms with Gasteiger partial charge in [-0.25, -0.2) is 17.9 Å². The lowest BCUT2D eigenvalue weighted by Crippen LogP contribution is -2.51. The molecule has 13 heteroatoms. The summed E-state index contributed by atoms with van der Waals surface area (Å²) in [4.78, 5) is 38.9. The maximum atomic E-state index is 13.6. The maximum Gasteiger partial charge on any atom is 0.326 e. The molecule has 11 nitrogen and oxygen atoms in total. The summed E-state index contributed by atoms with van der Waals surface area (Å²) < 4.78 is 37.9. The Morgan fingerprint density at radius 2 is 1.80 bits per heavy atom. The number of esters is 1. The van der Waals surface area contributed by atoms with Crippen molar-refractivity contribution in [1.82, 2.24) is 9.62 Å². The summed E-state index contributed by atoms with van der Waals surface area (Å²) in [6, 6.07) is 4.70. The molecule has 1 aliphatic rings. The number of sulfonamides is 1. The Morgan fingerprint density at radius 1 is 1.15 bits per heavy atom. The second-order valence-electron chi connectivity index (χ2n) is 11.2. The van der Waals surface area contributed by atoms with E-state index in [0.29, 0.717) is 30.8 Å². The van der Waals surface area contributed by atoms with Crippen LogP contribution in [0.5, 0.6) is 0 Å². The maximum absolute atomic E-state index is 13.6. The van der Waals surface area contributed by atoms with Crippen LogP contribution in [0.25, 0.3) is 0 Å². The second-order valence-corrected chi connectivity index (χ2v) is 13.4. The number of rotatable bonds is 15. The van der Waals surface area contributed by atoms with E-state index in [1.165, 1.54) is 4.90 Å². The zero-order chi connectivity index (χ0) is 30.1. The van der Waals surface area contributed by atoms with Crippen LogP contribution in [-0.2, 0) is 40.5 Å². The third-order valence-corrected chi connectivity index (χ3v) is 7.46. The molecule has 2 rings (SSSR count). The Morgan fingerprint density at radius 3 is 2.35 bits per heavy atom. The Bertz CT molecular complexity index is 1110. The average Bonchev–Trinajstić information content (AvgIpc) is 3.27. The first-order chi connectivity index (χ1) is 18.6. The fraction of sp³-hybridized carbons (Fsp3) is 0.667. The van der Waals surface area contributed by atoms with Crippen LogP contribution in [0.3, 0.4) is 0 Å². The highest BCUT2D eigenvalue weighted by Crippen LogP contribution is 2.26. The molecule has 1 amide bonds. The van der Waals surface area contributed by atoms with Gasteiger partial charge in [-0.05, 0) is 76.6 Å². The van der Waals surface area contributed by atoms with Gasteiger partial charge in [-0.15, -0.1) is 0 Å². The molecule has 1 saturated heterocycles. The first kappa shape index (κ1) is 34.0. The van der Waals surface area contributed by atoms with Crippen molar-refractivity contribution in [1.29, 1.82) is 0 Å². The molecule has 0 spiro atoms. The van der Waals surface area contributed by atoms with Crippen LogP contribution in [-0.4, -0.2) is 79.4 Å². The van der Waals surface area contributed by atoms with Crippen molar-refractivity contribution in [3.8, 4) is 0 Å². The van der Waals surface area contributed by atoms with E-state index in [4.69, 9.17) is 26.8 Å². The second kappa shape index (κ2) is 15.1. The first-order valence-corrected chi connectivity index (χ1v) is 15.6. The summed E-state index contributed by atoms with van der Waals surface area (Å²) in [7, 11) is -3.79. The van der Waals surface area contributed by atoms with E-state index in [9.17, 15) is 27.9 Å². The summed E-state index contributed by atoms with van der Waals surface area (Å²) in [6.07, 6.45) is 2.21. The standard InChI is InChI=1S/C27H42ClN3O8S/c1-27(2,3)39-24(32)12-8-18(13-14-29)7-11-22(30-40(4,36)37)25(33)31-16-21(15-23(31)26(34)35)38-17-19-5-9-20(28)10-6-19/h5-6,9-10,18,21-23,30H,7-8,11-17,29H2,1-4H3,(H,34,35)/t18?,21-,22-,23+/m1/s1. The Labute approximate surface area is 241 Å². The zero-order valence-corrected chi connectivity index (χ0v) is 25.2. The van der Waals surface area contributed by atoms with E-state index in [0.717, 1.165) is 11.8 Å². The number of likely N-dealkylation sites (tertiary alicyclic amines) is 1. The number of hydrogen-bond donors (Lipinski definition) is 3. The molecule has 1 heterocycles. The minimum Gasteiger partial charge on any atom is -0.480 e. The number of carbonyl (C=O) groups excluding carboxylic acids is 2. The zero-order valence-electron chi connectivity index (χ0n) is 23.6. The number of ether oxygens (including phenoxy) is 2. The molecule has 1 aromatic rings. The molecule has 0 aromatic heterocycles. The minimum absolute atomic E-state index is 0.0101. The van der Waals surface area contributed by atoms with Crippen LogP contribution >= 0.6 is 11.6 Å². The van der Waals surface area contributed by atoms with Gasteiger partial charge < -0.3 is 25.2 Å². The van der Waals surface area contributed by atoms with Crippen molar-refractivity contribution < 1.29 is 37.4 Å². The predicted octanol–water partition coefficient (Wildman–Crippen LogP) is 2.70. The van der Waals surface area contributed by atoms with Gasteiger partial charge in [0.15, 0.2) is 0 Å². The lowest BCUT2D eigenvalue weighted by Gasteiger charge is -2.28. The highest BCUT2D eigenvalue weighted by atomic mass is 35.5. The molecule has 0 saturated carbocycles. The molecule has 4 atom stereocenters. The number of aliphatic carboxylic acids is 1. The summed E-state index contributed by atoms with van der Waals surface area (Å²) >= 11 is 5.91. The summed E-state index contributed by atoms with van der Waals surface area (Å²) in [5, 5.41) is 10.4. The van der Waals surface area contributed by atoms with E-state index in [2.05, 4.69) is 4.72 Å². The van der Waals surface area contributed by atoms with Gasteiger partial charge in [-0.2, -0.15) is 0 Å². The molecule has 0 aliphatic carbocycles. The molecule has 1 unspecified atom stereocenters. The normalized spacial score (nSPS) is 19.3. The highest BCUT2D eigenvalue weighted by molar-refractivity contribution is 7.88. The van der Waals surface area contributed by atoms with Crippen molar-refractivity contribution in [2.45, 2.75) is 89.7 Å². The van der Waals surface area contributed by atoms with Crippen LogP contribution < -0.4 is 10.5 Å². The molecule has 1 aliphatic heterocycles. The number of carbonyl (C=O) groups is 3. The first-order valence-electron chi connectivity index (χ1n) is 13.4. The average molecular weight is 604 g/mol. The SMILES string of the molecule is CC(C)(C)OC(=O)CCC(CCN)CC[C@@H](NS(C)(=O)=O)C(=O)N1C[C@H](OCc2ccc(Cl)cc2)C[C@H]1C(=O)O. The van der Waals surface area contributed by atoms with Gasteiger partial charge in [-0.1, -0.05) is 23.7 Å². The molecular weight excluding hydrogens is 562 g/mol. The number of amides is 1. The monoisotopic (exact) mass is 603 g/mol. The Hall–Kier alpha value is -2.25. The van der Waals surface area contributed by atoms with Gasteiger partial charge in [0.2, 0.25) is 15.9 Å². The van der Waals surface area contributed by atoms with E-state index in [-0.39, 0.29) is 44.3 Å². The minimum atomic E-state index is -3.79. The van der Waals surface area contributed by atoms with Crippen LogP contribution in [0, 0.1) is 5.92 Å². The van der Waals surface area contributed by atoms with Crippen LogP contribution in [0.15, 0.2) is 24.3 Å². The number of nitrogens with two attached hydrogens (primary N) is 1. The lowest BCUT2D eigenvalue weighted by atomic mass is 9.92. The molecule has 1 fully saturated rings. The number of halogens is 1. The third kappa shape index (κ3) is 12.1. The number of nitrogens with zero attached hydrogens (tertiary/aromatic N) is 1. The number of carboxylic acids is 1. The number of hydrogen-bond acceptors (Lipinski definition) is 8. The van der Waals surface area contributed by atoms with Gasteiger partial charge in [0.05, 0.1) is 19.0 Å². The van der Waals surface area contributed by atoms with E-state index >= 15 is 0 Å². The lowest BCUT2D eigenvalue weighted by molar-refractivity contribution is -0.155. The van der Waals surface area contributed by atoms with Crippen molar-refractivity contribution in [2.75, 3.05) is 19.3 Å². The number of carboxylic acid groups (broad SMARTS) is 1. The summed E-state index contributed by atoms with van der Waals surface area (Å²) in [5.74, 6) is -2.22. The van der Waals surface area contributed by atoms with Crippen LogP contribution in [0.4, 0.5) is 0 Å². The fourth-order valence-corrected chi connectivity index (χ4v) is 5.53. The third-order valence-electron chi connectivity index (χ3n) is 6.50. The van der Waals surface area contributed by atoms with Gasteiger partial charge in [-0.3, -0.25) is 9.59 Å². The van der Waals surface area contributed by atoms with Gasteiger partial charge >= 0.3 is 11.9 Å². The topological polar surface area (TPSA) is 165 Å². The van der Waals surface area contributed by atoms with E-state index in [1.54, 1.807) is 45.0 Å². The van der Waals surface area contributed by atoms with Crippen LogP contribution in [0.2, 0.25) is 5.02 Å². The summed E-state index contributed by atoms with van der Waals surface area (Å²) in [5.41, 5.74) is 6.00. The molecule has 226 valence electrons. The Balaban J connectivity index is 2.09. The smallest absolute Gasteiger partial charge is 0.326 e. The molecule has 40 heavy (non-hydrogen) atoms. The highest BCUT2D eigenvalue weighted by Gasteiger charge is 2.42. The van der Waals surface area contributed by atoms with Crippen molar-refractivity contribution in [3.63, 3.8) is 0 Å². The van der Waals surface area contributed by atoms with Crippen molar-refractivity contribution >= 4 is 39.5 Å². The van der Waals surface area contributed by atoms with Gasteiger partial charge in [0, 0.05) is 24.4 Å². The van der Waals surface area contributed by atoms with E-state index in [1.807, 2.05) is 0 Å². The largest absolute Gasteiger partial charge is 0.480 e. The van der Waals surface area contributed by atoms with Crippen LogP contribution in [0.1, 0.15) is 64.9 Å². The number of benzene rings is 1. The van der Waals surface area contributed by atoms with Crippen molar-refractivity contribution in [2.24, 2.45) is 11.7 Å². The molecule has 0 bridgehead atoms. The molecule has 0 radical (unpaired) electrons. The predicted molar refractivity (Wildman–Crippen MR) is 151 cm³/mol. The quantitative estimate of drug-likeness (QED) is 0.255. The van der Waals surface area contributed by atoms with Crippen molar-refractivity contribution in [3.05, 3.63) is 34.9 Å².